The third-order valence-corrected chi connectivity index (χ3v) is 3.08. The zero-order valence-electron chi connectivity index (χ0n) is 11.5. The number of esters is 1. The van der Waals surface area contributed by atoms with E-state index in [-0.39, 0.29) is 24.1 Å². The van der Waals surface area contributed by atoms with Gasteiger partial charge in [-0.05, 0) is 30.6 Å². The Bertz CT molecular complexity index is 240. The molecule has 0 aliphatic rings. The van der Waals surface area contributed by atoms with Gasteiger partial charge in [0.1, 0.15) is 6.10 Å². The maximum atomic E-state index is 10.9. The van der Waals surface area contributed by atoms with Gasteiger partial charge in [-0.25, -0.2) is 0 Å². The summed E-state index contributed by atoms with van der Waals surface area (Å²) < 4.78 is 5.12. The normalized spacial score (nSPS) is 15.1. The van der Waals surface area contributed by atoms with Crippen molar-refractivity contribution >= 4 is 5.97 Å². The molecular formula is C14H26O3. The minimum absolute atomic E-state index is 0.157. The number of hydrogen-bond acceptors (Lipinski definition) is 3. The molecule has 0 spiro atoms. The lowest BCUT2D eigenvalue weighted by Crippen LogP contribution is -2.24. The Morgan fingerprint density at radius 1 is 1.35 bits per heavy atom. The summed E-state index contributed by atoms with van der Waals surface area (Å²) in [5.74, 6) is 0.148. The van der Waals surface area contributed by atoms with Crippen molar-refractivity contribution in [3.8, 4) is 0 Å². The molecule has 0 radical (unpaired) electrons. The molecule has 0 rings (SSSR count). The molecule has 2 unspecified atom stereocenters. The van der Waals surface area contributed by atoms with E-state index in [1.165, 1.54) is 6.92 Å². The third kappa shape index (κ3) is 7.16. The SMILES string of the molecule is C=CC(CCC(CCO)C(C)(C)C)OC(C)=O. The first-order valence-electron chi connectivity index (χ1n) is 6.22. The molecule has 0 aliphatic heterocycles. The highest BCUT2D eigenvalue weighted by atomic mass is 16.5. The number of ether oxygens (including phenoxy) is 1. The molecule has 2 atom stereocenters. The zero-order chi connectivity index (χ0) is 13.5. The van der Waals surface area contributed by atoms with Crippen LogP contribution in [0, 0.1) is 11.3 Å². The molecule has 1 N–H and O–H groups in total. The molecule has 0 aromatic carbocycles. The minimum atomic E-state index is -0.274. The number of carbonyl (C=O) groups is 1. The summed E-state index contributed by atoms with van der Waals surface area (Å²) in [6.45, 7) is 11.8. The molecule has 0 bridgehead atoms. The smallest absolute Gasteiger partial charge is 0.303 e. The van der Waals surface area contributed by atoms with Crippen molar-refractivity contribution in [1.82, 2.24) is 0 Å². The fourth-order valence-corrected chi connectivity index (χ4v) is 1.97. The van der Waals surface area contributed by atoms with E-state index >= 15 is 0 Å². The quantitative estimate of drug-likeness (QED) is 0.551. The monoisotopic (exact) mass is 242 g/mol. The lowest BCUT2D eigenvalue weighted by molar-refractivity contribution is -0.144. The molecule has 0 aromatic rings. The van der Waals surface area contributed by atoms with Gasteiger partial charge in [0.2, 0.25) is 0 Å². The molecule has 0 aliphatic carbocycles. The summed E-state index contributed by atoms with van der Waals surface area (Å²) in [7, 11) is 0. The van der Waals surface area contributed by atoms with Crippen LogP contribution in [-0.2, 0) is 9.53 Å². The van der Waals surface area contributed by atoms with E-state index in [2.05, 4.69) is 27.4 Å². The molecule has 0 saturated heterocycles. The van der Waals surface area contributed by atoms with Gasteiger partial charge >= 0.3 is 5.97 Å². The predicted molar refractivity (Wildman–Crippen MR) is 69.6 cm³/mol. The van der Waals surface area contributed by atoms with Gasteiger partial charge in [-0.1, -0.05) is 33.4 Å². The average Bonchev–Trinajstić information content (AvgIpc) is 2.19. The van der Waals surface area contributed by atoms with Crippen LogP contribution in [-0.4, -0.2) is 23.8 Å². The van der Waals surface area contributed by atoms with Crippen molar-refractivity contribution in [2.24, 2.45) is 11.3 Å². The molecule has 0 amide bonds. The van der Waals surface area contributed by atoms with Crippen LogP contribution in [0.3, 0.4) is 0 Å². The highest BCUT2D eigenvalue weighted by Crippen LogP contribution is 2.32. The number of hydrogen-bond donors (Lipinski definition) is 1. The maximum Gasteiger partial charge on any atom is 0.303 e. The van der Waals surface area contributed by atoms with Crippen molar-refractivity contribution in [2.75, 3.05) is 6.61 Å². The van der Waals surface area contributed by atoms with Gasteiger partial charge in [-0.15, -0.1) is 0 Å². The minimum Gasteiger partial charge on any atom is -0.458 e. The van der Waals surface area contributed by atoms with Gasteiger partial charge in [0, 0.05) is 13.5 Å². The first kappa shape index (κ1) is 16.2. The van der Waals surface area contributed by atoms with E-state index in [4.69, 9.17) is 9.84 Å². The Labute approximate surface area is 105 Å². The molecule has 0 fully saturated rings. The van der Waals surface area contributed by atoms with Crippen molar-refractivity contribution in [2.45, 2.75) is 53.1 Å². The lowest BCUT2D eigenvalue weighted by Gasteiger charge is -2.31. The first-order valence-corrected chi connectivity index (χ1v) is 6.22. The number of aliphatic hydroxyl groups is 1. The lowest BCUT2D eigenvalue weighted by atomic mass is 9.76. The van der Waals surface area contributed by atoms with Crippen LogP contribution >= 0.6 is 0 Å². The molecule has 0 saturated carbocycles. The van der Waals surface area contributed by atoms with Gasteiger partial charge < -0.3 is 9.84 Å². The topological polar surface area (TPSA) is 46.5 Å². The van der Waals surface area contributed by atoms with Crippen LogP contribution < -0.4 is 0 Å². The van der Waals surface area contributed by atoms with Crippen LogP contribution in [0.15, 0.2) is 12.7 Å². The van der Waals surface area contributed by atoms with E-state index in [0.717, 1.165) is 19.3 Å². The Hall–Kier alpha value is -0.830. The standard InChI is InChI=1S/C14H26O3/c1-6-13(17-11(2)16)8-7-12(9-10-15)14(3,4)5/h6,12-13,15H,1,7-10H2,2-5H3. The highest BCUT2D eigenvalue weighted by molar-refractivity contribution is 5.66. The average molecular weight is 242 g/mol. The number of aliphatic hydroxyl groups excluding tert-OH is 1. The molecule has 17 heavy (non-hydrogen) atoms. The zero-order valence-corrected chi connectivity index (χ0v) is 11.5. The molecule has 3 nitrogen and oxygen atoms in total. The summed E-state index contributed by atoms with van der Waals surface area (Å²) in [5.41, 5.74) is 0.157. The second-order valence-corrected chi connectivity index (χ2v) is 5.54. The van der Waals surface area contributed by atoms with E-state index in [9.17, 15) is 4.79 Å². The second kappa shape index (κ2) is 7.49. The van der Waals surface area contributed by atoms with E-state index < -0.39 is 0 Å². The summed E-state index contributed by atoms with van der Waals surface area (Å²) in [5, 5.41) is 9.06. The van der Waals surface area contributed by atoms with E-state index in [1.54, 1.807) is 6.08 Å². The van der Waals surface area contributed by atoms with Gasteiger partial charge in [0.05, 0.1) is 0 Å². The van der Waals surface area contributed by atoms with Crippen molar-refractivity contribution in [3.05, 3.63) is 12.7 Å². The summed E-state index contributed by atoms with van der Waals surface area (Å²) in [6, 6.07) is 0. The molecule has 0 heterocycles. The van der Waals surface area contributed by atoms with Crippen molar-refractivity contribution < 1.29 is 14.6 Å². The van der Waals surface area contributed by atoms with Crippen LogP contribution in [0.2, 0.25) is 0 Å². The van der Waals surface area contributed by atoms with Crippen molar-refractivity contribution in [3.63, 3.8) is 0 Å². The van der Waals surface area contributed by atoms with Crippen LogP contribution in [0.5, 0.6) is 0 Å². The Balaban J connectivity index is 4.27. The Morgan fingerprint density at radius 3 is 2.29 bits per heavy atom. The summed E-state index contributed by atoms with van der Waals surface area (Å²) in [6.07, 6.45) is 3.93. The molecule has 0 aromatic heterocycles. The first-order chi connectivity index (χ1) is 7.81. The Kier molecular flexibility index (Phi) is 7.12. The number of carbonyl (C=O) groups excluding carboxylic acids is 1. The number of rotatable bonds is 7. The molecule has 100 valence electrons. The van der Waals surface area contributed by atoms with Crippen LogP contribution in [0.1, 0.15) is 47.0 Å². The van der Waals surface area contributed by atoms with Crippen molar-refractivity contribution in [1.29, 1.82) is 0 Å². The van der Waals surface area contributed by atoms with E-state index in [1.807, 2.05) is 0 Å². The second-order valence-electron chi connectivity index (χ2n) is 5.54. The van der Waals surface area contributed by atoms with Gasteiger partial charge in [-0.2, -0.15) is 0 Å². The Morgan fingerprint density at radius 2 is 1.94 bits per heavy atom. The van der Waals surface area contributed by atoms with Gasteiger partial charge in [-0.3, -0.25) is 4.79 Å². The third-order valence-electron chi connectivity index (χ3n) is 3.08. The van der Waals surface area contributed by atoms with Gasteiger partial charge in [0.15, 0.2) is 0 Å². The summed E-state index contributed by atoms with van der Waals surface area (Å²) in [4.78, 5) is 10.9. The molecular weight excluding hydrogens is 216 g/mol. The molecule has 3 heteroatoms. The van der Waals surface area contributed by atoms with E-state index in [0.29, 0.717) is 5.92 Å². The van der Waals surface area contributed by atoms with Gasteiger partial charge in [0.25, 0.3) is 0 Å². The predicted octanol–water partition coefficient (Wildman–Crippen LogP) is 2.93. The summed E-state index contributed by atoms with van der Waals surface area (Å²) >= 11 is 0. The largest absolute Gasteiger partial charge is 0.458 e. The fourth-order valence-electron chi connectivity index (χ4n) is 1.97. The van der Waals surface area contributed by atoms with Crippen LogP contribution in [0.25, 0.3) is 0 Å². The highest BCUT2D eigenvalue weighted by Gasteiger charge is 2.24. The fraction of sp³-hybridized carbons (Fsp3) is 0.786. The van der Waals surface area contributed by atoms with Crippen LogP contribution in [0.4, 0.5) is 0 Å². The maximum absolute atomic E-state index is 10.9.